The van der Waals surface area contributed by atoms with E-state index in [1.165, 1.54) is 11.8 Å². The Morgan fingerprint density at radius 3 is 2.62 bits per heavy atom. The molecule has 0 aliphatic rings. The van der Waals surface area contributed by atoms with Crippen molar-refractivity contribution in [2.24, 2.45) is 7.05 Å². The fraction of sp³-hybridized carbons (Fsp3) is 0.211. The number of thioether (sulfide) groups is 1. The molecule has 0 saturated carbocycles. The number of aromatic nitrogens is 3. The molecular formula is C19H19BrN4OS. The van der Waals surface area contributed by atoms with Crippen LogP contribution in [0.4, 0.5) is 5.69 Å². The topological polar surface area (TPSA) is 59.8 Å². The van der Waals surface area contributed by atoms with Crippen LogP contribution in [0.15, 0.2) is 58.2 Å². The summed E-state index contributed by atoms with van der Waals surface area (Å²) in [7, 11) is 1.91. The zero-order valence-electron chi connectivity index (χ0n) is 14.6. The Bertz CT molecular complexity index is 908. The van der Waals surface area contributed by atoms with Crippen LogP contribution in [0.1, 0.15) is 12.5 Å². The molecule has 0 unspecified atom stereocenters. The summed E-state index contributed by atoms with van der Waals surface area (Å²) in [5.41, 5.74) is 2.98. The molecule has 0 bridgehead atoms. The molecule has 1 aromatic heterocycles. The molecule has 1 amide bonds. The maximum Gasteiger partial charge on any atom is 0.234 e. The minimum absolute atomic E-state index is 0.0518. The first-order valence-corrected chi connectivity index (χ1v) is 10.0. The average molecular weight is 431 g/mol. The van der Waals surface area contributed by atoms with E-state index in [1.807, 2.05) is 60.1 Å². The number of amides is 1. The molecule has 3 rings (SSSR count). The second-order valence-corrected chi connectivity index (χ2v) is 7.58. The van der Waals surface area contributed by atoms with Gasteiger partial charge in [0.2, 0.25) is 5.91 Å². The highest BCUT2D eigenvalue weighted by atomic mass is 79.9. The highest BCUT2D eigenvalue weighted by Gasteiger charge is 2.13. The highest BCUT2D eigenvalue weighted by molar-refractivity contribution is 9.10. The molecule has 3 aromatic rings. The maximum atomic E-state index is 12.3. The quantitative estimate of drug-likeness (QED) is 0.583. The Balaban J connectivity index is 1.65. The van der Waals surface area contributed by atoms with Crippen LogP contribution < -0.4 is 5.32 Å². The summed E-state index contributed by atoms with van der Waals surface area (Å²) in [6.07, 6.45) is 0.878. The molecule has 26 heavy (non-hydrogen) atoms. The minimum atomic E-state index is -0.0518. The minimum Gasteiger partial charge on any atom is -0.325 e. The number of nitrogens with zero attached hydrogens (tertiary/aromatic N) is 3. The Kier molecular flexibility index (Phi) is 6.11. The van der Waals surface area contributed by atoms with Gasteiger partial charge in [-0.2, -0.15) is 0 Å². The van der Waals surface area contributed by atoms with Gasteiger partial charge in [0, 0.05) is 22.8 Å². The van der Waals surface area contributed by atoms with Crippen molar-refractivity contribution in [1.82, 2.24) is 14.8 Å². The summed E-state index contributed by atoms with van der Waals surface area (Å²) in [4.78, 5) is 12.3. The molecule has 0 aliphatic heterocycles. The molecule has 0 aliphatic carbocycles. The molecule has 0 spiro atoms. The first-order chi connectivity index (χ1) is 12.6. The van der Waals surface area contributed by atoms with Crippen LogP contribution in [0.25, 0.3) is 11.4 Å². The van der Waals surface area contributed by atoms with Gasteiger partial charge in [0.05, 0.1) is 5.75 Å². The van der Waals surface area contributed by atoms with Gasteiger partial charge in [-0.25, -0.2) is 0 Å². The van der Waals surface area contributed by atoms with Crippen molar-refractivity contribution in [1.29, 1.82) is 0 Å². The van der Waals surface area contributed by atoms with Crippen LogP contribution in [0, 0.1) is 0 Å². The van der Waals surface area contributed by atoms with Crippen molar-refractivity contribution in [3.63, 3.8) is 0 Å². The molecule has 2 aromatic carbocycles. The third-order valence-corrected chi connectivity index (χ3v) is 5.49. The zero-order valence-corrected chi connectivity index (χ0v) is 17.0. The van der Waals surface area contributed by atoms with E-state index in [0.717, 1.165) is 33.5 Å². The number of carbonyl (C=O) groups is 1. The van der Waals surface area contributed by atoms with E-state index in [9.17, 15) is 4.79 Å². The van der Waals surface area contributed by atoms with Crippen molar-refractivity contribution < 1.29 is 4.79 Å². The van der Waals surface area contributed by atoms with E-state index < -0.39 is 0 Å². The summed E-state index contributed by atoms with van der Waals surface area (Å²) in [6.45, 7) is 2.07. The summed E-state index contributed by atoms with van der Waals surface area (Å²) >= 11 is 4.80. The van der Waals surface area contributed by atoms with Crippen LogP contribution in [0.3, 0.4) is 0 Å². The van der Waals surface area contributed by atoms with Crippen molar-refractivity contribution in [3.05, 3.63) is 58.6 Å². The molecule has 1 N–H and O–H groups in total. The van der Waals surface area contributed by atoms with E-state index >= 15 is 0 Å². The summed E-state index contributed by atoms with van der Waals surface area (Å²) in [5, 5.41) is 12.1. The molecule has 0 saturated heterocycles. The molecule has 0 radical (unpaired) electrons. The van der Waals surface area contributed by atoms with E-state index in [0.29, 0.717) is 5.16 Å². The summed E-state index contributed by atoms with van der Waals surface area (Å²) < 4.78 is 2.92. The lowest BCUT2D eigenvalue weighted by atomic mass is 10.1. The van der Waals surface area contributed by atoms with Gasteiger partial charge in [-0.15, -0.1) is 10.2 Å². The Hall–Kier alpha value is -2.12. The van der Waals surface area contributed by atoms with E-state index in [2.05, 4.69) is 38.4 Å². The fourth-order valence-corrected chi connectivity index (χ4v) is 3.53. The monoisotopic (exact) mass is 430 g/mol. The number of aryl methyl sites for hydroxylation is 1. The van der Waals surface area contributed by atoms with Gasteiger partial charge >= 0.3 is 0 Å². The van der Waals surface area contributed by atoms with Crippen molar-refractivity contribution in [2.75, 3.05) is 11.1 Å². The second kappa shape index (κ2) is 8.51. The lowest BCUT2D eigenvalue weighted by Gasteiger charge is -2.09. The number of halogens is 1. The van der Waals surface area contributed by atoms with Gasteiger partial charge in [-0.3, -0.25) is 4.79 Å². The fourth-order valence-electron chi connectivity index (χ4n) is 2.56. The van der Waals surface area contributed by atoms with E-state index in [1.54, 1.807) is 0 Å². The van der Waals surface area contributed by atoms with Crippen molar-refractivity contribution in [2.45, 2.75) is 18.5 Å². The van der Waals surface area contributed by atoms with E-state index in [4.69, 9.17) is 0 Å². The number of carbonyl (C=O) groups excluding carboxylic acids is 1. The van der Waals surface area contributed by atoms with Crippen LogP contribution >= 0.6 is 27.7 Å². The molecule has 5 nitrogen and oxygen atoms in total. The third-order valence-electron chi connectivity index (χ3n) is 3.94. The number of para-hydroxylation sites is 1. The molecule has 0 fully saturated rings. The first-order valence-electron chi connectivity index (χ1n) is 8.24. The van der Waals surface area contributed by atoms with E-state index in [-0.39, 0.29) is 11.7 Å². The lowest BCUT2D eigenvalue weighted by Crippen LogP contribution is -2.15. The zero-order chi connectivity index (χ0) is 18.5. The highest BCUT2D eigenvalue weighted by Crippen LogP contribution is 2.24. The predicted octanol–water partition coefficient (Wildman–Crippen LogP) is 4.54. The molecule has 0 atom stereocenters. The Labute approximate surface area is 165 Å². The number of benzene rings is 2. The Morgan fingerprint density at radius 1 is 1.15 bits per heavy atom. The first kappa shape index (κ1) is 18.7. The summed E-state index contributed by atoms with van der Waals surface area (Å²) in [5.74, 6) is 1.01. The van der Waals surface area contributed by atoms with Crippen LogP contribution in [0.5, 0.6) is 0 Å². The smallest absolute Gasteiger partial charge is 0.234 e. The molecular weight excluding hydrogens is 412 g/mol. The normalized spacial score (nSPS) is 10.7. The Morgan fingerprint density at radius 2 is 1.88 bits per heavy atom. The second-order valence-electron chi connectivity index (χ2n) is 5.72. The van der Waals surface area contributed by atoms with Crippen molar-refractivity contribution >= 4 is 39.3 Å². The SMILES string of the molecule is CCc1ccccc1NC(=O)CSc1nnc(-c2ccc(Br)cc2)n1C. The summed E-state index contributed by atoms with van der Waals surface area (Å²) in [6, 6.07) is 15.8. The van der Waals surface area contributed by atoms with Crippen LogP contribution in [-0.2, 0) is 18.3 Å². The third kappa shape index (κ3) is 4.34. The average Bonchev–Trinajstić information content (AvgIpc) is 3.02. The lowest BCUT2D eigenvalue weighted by molar-refractivity contribution is -0.113. The maximum absolute atomic E-state index is 12.3. The van der Waals surface area contributed by atoms with Gasteiger partial charge in [0.1, 0.15) is 0 Å². The standard InChI is InChI=1S/C19H19BrN4OS/c1-3-13-6-4-5-7-16(13)21-17(25)12-26-19-23-22-18(24(19)2)14-8-10-15(20)11-9-14/h4-11H,3,12H2,1-2H3,(H,21,25). The number of rotatable bonds is 6. The van der Waals surface area contributed by atoms with Gasteiger partial charge in [0.25, 0.3) is 0 Å². The van der Waals surface area contributed by atoms with Gasteiger partial charge in [0.15, 0.2) is 11.0 Å². The van der Waals surface area contributed by atoms with Crippen molar-refractivity contribution in [3.8, 4) is 11.4 Å². The van der Waals surface area contributed by atoms with Crippen LogP contribution in [-0.4, -0.2) is 26.4 Å². The number of nitrogens with one attached hydrogen (secondary N) is 1. The number of hydrogen-bond donors (Lipinski definition) is 1. The molecule has 1 heterocycles. The van der Waals surface area contributed by atoms with Crippen LogP contribution in [0.2, 0.25) is 0 Å². The number of hydrogen-bond acceptors (Lipinski definition) is 4. The van der Waals surface area contributed by atoms with Gasteiger partial charge in [-0.05, 0) is 30.2 Å². The largest absolute Gasteiger partial charge is 0.325 e. The molecule has 134 valence electrons. The predicted molar refractivity (Wildman–Crippen MR) is 109 cm³/mol. The van der Waals surface area contributed by atoms with Gasteiger partial charge < -0.3 is 9.88 Å². The number of anilines is 1. The molecule has 7 heteroatoms. The van der Waals surface area contributed by atoms with Gasteiger partial charge in [-0.1, -0.05) is 64.9 Å².